The summed E-state index contributed by atoms with van der Waals surface area (Å²) in [4.78, 5) is 0. The maximum atomic E-state index is 2.48. The number of benzene rings is 3. The van der Waals surface area contributed by atoms with Gasteiger partial charge in [0, 0.05) is 10.8 Å². The van der Waals surface area contributed by atoms with Gasteiger partial charge in [-0.05, 0) is 39.7 Å². The first-order chi connectivity index (χ1) is 12.7. The molecule has 0 bridgehead atoms. The second-order valence-corrected chi connectivity index (χ2v) is 9.51. The highest BCUT2D eigenvalue weighted by Gasteiger charge is 2.46. The van der Waals surface area contributed by atoms with Gasteiger partial charge < -0.3 is 0 Å². The Hall–Kier alpha value is -2.34. The fourth-order valence-corrected chi connectivity index (χ4v) is 5.13. The summed E-state index contributed by atoms with van der Waals surface area (Å²) in [5.41, 5.74) is 7.44. The van der Waals surface area contributed by atoms with Gasteiger partial charge in [0.05, 0.1) is 0 Å². The minimum Gasteiger partial charge on any atom is -0.0622 e. The summed E-state index contributed by atoms with van der Waals surface area (Å²) in [6, 6.07) is 29.1. The topological polar surface area (TPSA) is 0 Å². The zero-order valence-electron chi connectivity index (χ0n) is 17.2. The molecule has 0 amide bonds. The van der Waals surface area contributed by atoms with Crippen LogP contribution in [0.3, 0.4) is 0 Å². The molecule has 3 aromatic rings. The Morgan fingerprint density at radius 2 is 1.26 bits per heavy atom. The number of hydrogen-bond donors (Lipinski definition) is 0. The highest BCUT2D eigenvalue weighted by atomic mass is 14.5. The highest BCUT2D eigenvalue weighted by molar-refractivity contribution is 5.54. The van der Waals surface area contributed by atoms with Crippen molar-refractivity contribution in [3.05, 3.63) is 107 Å². The number of rotatable bonds is 3. The van der Waals surface area contributed by atoms with E-state index in [4.69, 9.17) is 0 Å². The number of fused-ring (bicyclic) bond motifs is 1. The molecule has 0 nitrogen and oxygen atoms in total. The van der Waals surface area contributed by atoms with E-state index in [1.807, 2.05) is 0 Å². The van der Waals surface area contributed by atoms with E-state index in [-0.39, 0.29) is 16.2 Å². The minimum absolute atomic E-state index is 0.00188. The molecule has 0 heterocycles. The van der Waals surface area contributed by atoms with Gasteiger partial charge in [-0.3, -0.25) is 0 Å². The second-order valence-electron chi connectivity index (χ2n) is 9.51. The third-order valence-electron chi connectivity index (χ3n) is 6.77. The highest BCUT2D eigenvalue weighted by Crippen LogP contribution is 2.53. The number of hydrogen-bond acceptors (Lipinski definition) is 0. The molecule has 1 unspecified atom stereocenters. The second kappa shape index (κ2) is 6.09. The normalized spacial score (nSPS) is 21.1. The minimum atomic E-state index is -0.00188. The van der Waals surface area contributed by atoms with Gasteiger partial charge in [0.2, 0.25) is 0 Å². The van der Waals surface area contributed by atoms with E-state index < -0.39 is 0 Å². The molecule has 1 aliphatic carbocycles. The lowest BCUT2D eigenvalue weighted by molar-refractivity contribution is 0.425. The van der Waals surface area contributed by atoms with Crippen LogP contribution in [0.25, 0.3) is 0 Å². The summed E-state index contributed by atoms with van der Waals surface area (Å²) in [5, 5.41) is 0. The van der Waals surface area contributed by atoms with Gasteiger partial charge in [0.15, 0.2) is 0 Å². The molecule has 0 heteroatoms. The molecule has 0 spiro atoms. The molecular weight excluding hydrogens is 324 g/mol. The van der Waals surface area contributed by atoms with Crippen LogP contribution in [0.4, 0.5) is 0 Å². The van der Waals surface area contributed by atoms with Gasteiger partial charge in [-0.25, -0.2) is 0 Å². The summed E-state index contributed by atoms with van der Waals surface area (Å²) >= 11 is 0. The van der Waals surface area contributed by atoms with Crippen LogP contribution in [-0.2, 0) is 16.2 Å². The first-order valence-corrected chi connectivity index (χ1v) is 10.0. The average Bonchev–Trinajstić information content (AvgIpc) is 2.89. The Morgan fingerprint density at radius 1 is 0.667 bits per heavy atom. The molecule has 27 heavy (non-hydrogen) atoms. The van der Waals surface area contributed by atoms with E-state index in [1.54, 1.807) is 0 Å². The molecule has 1 atom stereocenters. The molecule has 0 aliphatic heterocycles. The van der Waals surface area contributed by atoms with E-state index in [9.17, 15) is 0 Å². The molecule has 0 aromatic heterocycles. The van der Waals surface area contributed by atoms with Crippen LogP contribution in [0.2, 0.25) is 0 Å². The van der Waals surface area contributed by atoms with Crippen LogP contribution < -0.4 is 0 Å². The molecule has 0 fully saturated rings. The van der Waals surface area contributed by atoms with Gasteiger partial charge in [-0.2, -0.15) is 0 Å². The van der Waals surface area contributed by atoms with E-state index in [2.05, 4.69) is 113 Å². The summed E-state index contributed by atoms with van der Waals surface area (Å²) in [5.74, 6) is 0. The molecule has 0 saturated carbocycles. The molecule has 0 N–H and O–H groups in total. The van der Waals surface area contributed by atoms with Crippen molar-refractivity contribution < 1.29 is 0 Å². The predicted molar refractivity (Wildman–Crippen MR) is 116 cm³/mol. The Balaban J connectivity index is 1.85. The smallest absolute Gasteiger partial charge is 0.0185 e. The largest absolute Gasteiger partial charge is 0.0622 e. The van der Waals surface area contributed by atoms with Crippen LogP contribution in [0.5, 0.6) is 0 Å². The van der Waals surface area contributed by atoms with Crippen LogP contribution in [0.15, 0.2) is 78.9 Å². The Labute approximate surface area is 164 Å². The standard InChI is InChI=1S/C27H30/c1-25(2)19-27(5,21-14-10-7-11-15-21)23-17-16-22(18-24(23)25)26(3,4)20-12-8-6-9-13-20/h6-18H,19H2,1-5H3. The maximum absolute atomic E-state index is 2.48. The van der Waals surface area contributed by atoms with Crippen molar-refractivity contribution in [2.45, 2.75) is 57.3 Å². The van der Waals surface area contributed by atoms with E-state index >= 15 is 0 Å². The first-order valence-electron chi connectivity index (χ1n) is 10.0. The van der Waals surface area contributed by atoms with Crippen molar-refractivity contribution >= 4 is 0 Å². The summed E-state index contributed by atoms with van der Waals surface area (Å²) in [6.07, 6.45) is 1.15. The molecule has 4 rings (SSSR count). The zero-order valence-corrected chi connectivity index (χ0v) is 17.2. The van der Waals surface area contributed by atoms with Crippen molar-refractivity contribution in [1.29, 1.82) is 0 Å². The Morgan fingerprint density at radius 3 is 1.89 bits per heavy atom. The van der Waals surface area contributed by atoms with Crippen molar-refractivity contribution in [2.75, 3.05) is 0 Å². The quantitative estimate of drug-likeness (QED) is 0.475. The van der Waals surface area contributed by atoms with Crippen LogP contribution in [0, 0.1) is 0 Å². The van der Waals surface area contributed by atoms with Gasteiger partial charge in [0.1, 0.15) is 0 Å². The molecular formula is C27H30. The fourth-order valence-electron chi connectivity index (χ4n) is 5.13. The van der Waals surface area contributed by atoms with E-state index in [1.165, 1.54) is 27.8 Å². The Kier molecular flexibility index (Phi) is 4.07. The fraction of sp³-hybridized carbons (Fsp3) is 0.333. The van der Waals surface area contributed by atoms with Crippen LogP contribution in [0.1, 0.15) is 68.9 Å². The van der Waals surface area contributed by atoms with Crippen molar-refractivity contribution in [1.82, 2.24) is 0 Å². The lowest BCUT2D eigenvalue weighted by Gasteiger charge is -2.29. The van der Waals surface area contributed by atoms with Gasteiger partial charge in [-0.1, -0.05) is 113 Å². The summed E-state index contributed by atoms with van der Waals surface area (Å²) in [6.45, 7) is 11.9. The predicted octanol–water partition coefficient (Wildman–Crippen LogP) is 7.00. The SMILES string of the molecule is CC1(C)CC(C)(c2ccccc2)c2ccc(C(C)(C)c3ccccc3)cc21. The zero-order chi connectivity index (χ0) is 19.3. The molecule has 0 radical (unpaired) electrons. The first kappa shape index (κ1) is 18.0. The Bertz CT molecular complexity index is 948. The third kappa shape index (κ3) is 2.83. The van der Waals surface area contributed by atoms with Crippen molar-refractivity contribution in [2.24, 2.45) is 0 Å². The van der Waals surface area contributed by atoms with Gasteiger partial charge >= 0.3 is 0 Å². The van der Waals surface area contributed by atoms with Gasteiger partial charge in [0.25, 0.3) is 0 Å². The summed E-state index contributed by atoms with van der Waals surface area (Å²) < 4.78 is 0. The molecule has 3 aromatic carbocycles. The average molecular weight is 355 g/mol. The molecule has 0 saturated heterocycles. The van der Waals surface area contributed by atoms with Crippen molar-refractivity contribution in [3.8, 4) is 0 Å². The van der Waals surface area contributed by atoms with Crippen LogP contribution >= 0.6 is 0 Å². The third-order valence-corrected chi connectivity index (χ3v) is 6.77. The lowest BCUT2D eigenvalue weighted by atomic mass is 9.74. The maximum Gasteiger partial charge on any atom is 0.0185 e. The summed E-state index contributed by atoms with van der Waals surface area (Å²) in [7, 11) is 0. The van der Waals surface area contributed by atoms with Crippen LogP contribution in [-0.4, -0.2) is 0 Å². The van der Waals surface area contributed by atoms with E-state index in [0.717, 1.165) is 6.42 Å². The van der Waals surface area contributed by atoms with Crippen molar-refractivity contribution in [3.63, 3.8) is 0 Å². The van der Waals surface area contributed by atoms with E-state index in [0.29, 0.717) is 0 Å². The lowest BCUT2D eigenvalue weighted by Crippen LogP contribution is -2.23. The van der Waals surface area contributed by atoms with Gasteiger partial charge in [-0.15, -0.1) is 0 Å². The molecule has 1 aliphatic rings. The monoisotopic (exact) mass is 354 g/mol. The molecule has 138 valence electrons.